The normalized spacial score (nSPS) is 12.1. The maximum atomic E-state index is 6.28. The summed E-state index contributed by atoms with van der Waals surface area (Å²) >= 11 is 0. The first-order chi connectivity index (χ1) is 19.4. The van der Waals surface area contributed by atoms with Crippen molar-refractivity contribution in [3.63, 3.8) is 0 Å². The molecule has 6 aromatic carbocycles. The van der Waals surface area contributed by atoms with Crippen molar-refractivity contribution in [2.75, 3.05) is 0 Å². The fourth-order valence-electron chi connectivity index (χ4n) is 6.50. The zero-order valence-electron chi connectivity index (χ0n) is 21.0. The van der Waals surface area contributed by atoms with Crippen LogP contribution in [0, 0.1) is 0 Å². The highest BCUT2D eigenvalue weighted by molar-refractivity contribution is 6.15. The van der Waals surface area contributed by atoms with Gasteiger partial charge in [0.25, 0.3) is 0 Å². The standard InChI is InChI=1S/C36H22N2O/c1-5-14-29-24(10-1)25-11-2-6-15-30(25)37(29)23-20-21-27-26-12-3-7-16-31(26)38(33(27)22-23)32-17-9-19-35-36(32)28-13-4-8-18-34(28)39-35/h1-22H. The van der Waals surface area contributed by atoms with Gasteiger partial charge in [0.1, 0.15) is 11.2 Å². The smallest absolute Gasteiger partial charge is 0.137 e. The first kappa shape index (κ1) is 20.7. The van der Waals surface area contributed by atoms with E-state index in [1.54, 1.807) is 0 Å². The van der Waals surface area contributed by atoms with Crippen molar-refractivity contribution >= 4 is 65.6 Å². The van der Waals surface area contributed by atoms with E-state index in [1.165, 1.54) is 43.6 Å². The Morgan fingerprint density at radius 2 is 0.923 bits per heavy atom. The predicted octanol–water partition coefficient (Wildman–Crippen LogP) is 9.78. The molecule has 0 aliphatic rings. The van der Waals surface area contributed by atoms with E-state index >= 15 is 0 Å². The van der Waals surface area contributed by atoms with Gasteiger partial charge in [-0.15, -0.1) is 0 Å². The Labute approximate surface area is 223 Å². The van der Waals surface area contributed by atoms with Gasteiger partial charge in [0, 0.05) is 32.6 Å². The van der Waals surface area contributed by atoms with Gasteiger partial charge in [0.2, 0.25) is 0 Å². The van der Waals surface area contributed by atoms with E-state index in [1.807, 2.05) is 12.1 Å². The van der Waals surface area contributed by atoms with Gasteiger partial charge in [-0.25, -0.2) is 0 Å². The molecule has 0 fully saturated rings. The summed E-state index contributed by atoms with van der Waals surface area (Å²) in [6.07, 6.45) is 0. The maximum Gasteiger partial charge on any atom is 0.137 e. The van der Waals surface area contributed by atoms with Gasteiger partial charge in [0.05, 0.1) is 33.1 Å². The van der Waals surface area contributed by atoms with E-state index in [0.29, 0.717) is 0 Å². The van der Waals surface area contributed by atoms with Crippen LogP contribution < -0.4 is 0 Å². The monoisotopic (exact) mass is 498 g/mol. The second-order valence-electron chi connectivity index (χ2n) is 10.2. The molecule has 0 amide bonds. The Kier molecular flexibility index (Phi) is 4.05. The minimum Gasteiger partial charge on any atom is -0.456 e. The van der Waals surface area contributed by atoms with Crippen LogP contribution in [0.4, 0.5) is 0 Å². The van der Waals surface area contributed by atoms with Crippen LogP contribution in [0.15, 0.2) is 138 Å². The third-order valence-corrected chi connectivity index (χ3v) is 8.12. The van der Waals surface area contributed by atoms with E-state index < -0.39 is 0 Å². The molecule has 0 spiro atoms. The molecule has 0 radical (unpaired) electrons. The number of fused-ring (bicyclic) bond motifs is 9. The quantitative estimate of drug-likeness (QED) is 0.233. The third-order valence-electron chi connectivity index (χ3n) is 8.12. The number of hydrogen-bond donors (Lipinski definition) is 0. The summed E-state index contributed by atoms with van der Waals surface area (Å²) in [6, 6.07) is 47.6. The van der Waals surface area contributed by atoms with Crippen LogP contribution in [0.5, 0.6) is 0 Å². The van der Waals surface area contributed by atoms with Crippen molar-refractivity contribution in [3.8, 4) is 11.4 Å². The number of rotatable bonds is 2. The molecule has 3 nitrogen and oxygen atoms in total. The molecule has 3 heteroatoms. The second kappa shape index (κ2) is 7.62. The van der Waals surface area contributed by atoms with Crippen molar-refractivity contribution < 1.29 is 4.42 Å². The molecule has 39 heavy (non-hydrogen) atoms. The van der Waals surface area contributed by atoms with Gasteiger partial charge in [-0.1, -0.05) is 84.9 Å². The molecule has 9 rings (SSSR count). The summed E-state index contributed by atoms with van der Waals surface area (Å²) in [7, 11) is 0. The average molecular weight is 499 g/mol. The lowest BCUT2D eigenvalue weighted by molar-refractivity contribution is 0.669. The topological polar surface area (TPSA) is 23.0 Å². The molecule has 0 unspecified atom stereocenters. The number of hydrogen-bond acceptors (Lipinski definition) is 1. The minimum atomic E-state index is 0.901. The average Bonchev–Trinajstić information content (AvgIpc) is 3.64. The molecular weight excluding hydrogens is 476 g/mol. The van der Waals surface area contributed by atoms with Crippen LogP contribution in [-0.2, 0) is 0 Å². The summed E-state index contributed by atoms with van der Waals surface area (Å²) in [5, 5.41) is 7.28. The van der Waals surface area contributed by atoms with Gasteiger partial charge < -0.3 is 13.6 Å². The highest BCUT2D eigenvalue weighted by Gasteiger charge is 2.19. The molecule has 0 aliphatic carbocycles. The molecule has 0 saturated carbocycles. The minimum absolute atomic E-state index is 0.901. The van der Waals surface area contributed by atoms with E-state index in [0.717, 1.165) is 33.3 Å². The first-order valence-corrected chi connectivity index (χ1v) is 13.3. The number of para-hydroxylation sites is 4. The van der Waals surface area contributed by atoms with Crippen LogP contribution in [-0.4, -0.2) is 9.13 Å². The van der Waals surface area contributed by atoms with E-state index in [2.05, 4.69) is 130 Å². The molecular formula is C36H22N2O. The Morgan fingerprint density at radius 1 is 0.385 bits per heavy atom. The molecule has 3 heterocycles. The molecule has 9 aromatic rings. The van der Waals surface area contributed by atoms with Gasteiger partial charge in [0.15, 0.2) is 0 Å². The predicted molar refractivity (Wildman–Crippen MR) is 162 cm³/mol. The summed E-state index contributed by atoms with van der Waals surface area (Å²) in [5.74, 6) is 0. The van der Waals surface area contributed by atoms with Crippen LogP contribution in [0.25, 0.3) is 76.9 Å². The Morgan fingerprint density at radius 3 is 1.62 bits per heavy atom. The first-order valence-electron chi connectivity index (χ1n) is 13.3. The van der Waals surface area contributed by atoms with Crippen LogP contribution in [0.1, 0.15) is 0 Å². The fraction of sp³-hybridized carbons (Fsp3) is 0. The Balaban J connectivity index is 1.43. The lowest BCUT2D eigenvalue weighted by Gasteiger charge is -2.12. The highest BCUT2D eigenvalue weighted by Crippen LogP contribution is 2.40. The Hall–Kier alpha value is -5.28. The van der Waals surface area contributed by atoms with Crippen LogP contribution >= 0.6 is 0 Å². The molecule has 3 aromatic heterocycles. The van der Waals surface area contributed by atoms with Crippen LogP contribution in [0.3, 0.4) is 0 Å². The van der Waals surface area contributed by atoms with Crippen molar-refractivity contribution in [1.82, 2.24) is 9.13 Å². The number of nitrogens with zero attached hydrogens (tertiary/aromatic N) is 2. The lowest BCUT2D eigenvalue weighted by Crippen LogP contribution is -1.97. The van der Waals surface area contributed by atoms with Crippen molar-refractivity contribution in [2.24, 2.45) is 0 Å². The molecule has 0 saturated heterocycles. The van der Waals surface area contributed by atoms with E-state index in [4.69, 9.17) is 4.42 Å². The van der Waals surface area contributed by atoms with Gasteiger partial charge in [-0.2, -0.15) is 0 Å². The third kappa shape index (κ3) is 2.76. The summed E-state index contributed by atoms with van der Waals surface area (Å²) in [6.45, 7) is 0. The summed E-state index contributed by atoms with van der Waals surface area (Å²) in [5.41, 5.74) is 8.87. The lowest BCUT2D eigenvalue weighted by atomic mass is 10.1. The maximum absolute atomic E-state index is 6.28. The fourth-order valence-corrected chi connectivity index (χ4v) is 6.50. The second-order valence-corrected chi connectivity index (χ2v) is 10.2. The van der Waals surface area contributed by atoms with Crippen molar-refractivity contribution in [3.05, 3.63) is 133 Å². The largest absolute Gasteiger partial charge is 0.456 e. The van der Waals surface area contributed by atoms with Crippen molar-refractivity contribution in [1.29, 1.82) is 0 Å². The number of aromatic nitrogens is 2. The van der Waals surface area contributed by atoms with Gasteiger partial charge in [-0.05, 0) is 48.5 Å². The Bertz CT molecular complexity index is 2350. The summed E-state index contributed by atoms with van der Waals surface area (Å²) in [4.78, 5) is 0. The van der Waals surface area contributed by atoms with Gasteiger partial charge in [-0.3, -0.25) is 0 Å². The van der Waals surface area contributed by atoms with E-state index in [9.17, 15) is 0 Å². The van der Waals surface area contributed by atoms with Crippen molar-refractivity contribution in [2.45, 2.75) is 0 Å². The zero-order valence-corrected chi connectivity index (χ0v) is 21.0. The molecule has 0 N–H and O–H groups in total. The molecule has 0 aliphatic heterocycles. The van der Waals surface area contributed by atoms with Crippen LogP contribution in [0.2, 0.25) is 0 Å². The van der Waals surface area contributed by atoms with E-state index in [-0.39, 0.29) is 0 Å². The zero-order chi connectivity index (χ0) is 25.5. The number of benzene rings is 6. The molecule has 0 bridgehead atoms. The highest BCUT2D eigenvalue weighted by atomic mass is 16.3. The SMILES string of the molecule is c1ccc2c(c1)oc1cccc(-n3c4ccccc4c4ccc(-n5c6ccccc6c6ccccc65)cc43)c12. The molecule has 182 valence electrons. The van der Waals surface area contributed by atoms with Gasteiger partial charge >= 0.3 is 0 Å². The molecule has 0 atom stereocenters. The number of furan rings is 1. The summed E-state index contributed by atoms with van der Waals surface area (Å²) < 4.78 is 11.1.